The van der Waals surface area contributed by atoms with Crippen molar-refractivity contribution in [1.82, 2.24) is 10.3 Å². The summed E-state index contributed by atoms with van der Waals surface area (Å²) in [6.45, 7) is 0.562. The Morgan fingerprint density at radius 3 is 2.76 bits per heavy atom. The van der Waals surface area contributed by atoms with E-state index in [0.717, 1.165) is 0 Å². The molecule has 0 bridgehead atoms. The van der Waals surface area contributed by atoms with Crippen LogP contribution in [0.2, 0.25) is 0 Å². The lowest BCUT2D eigenvalue weighted by molar-refractivity contribution is -0.130. The molecule has 0 unspecified atom stereocenters. The molecule has 2 amide bonds. The van der Waals surface area contributed by atoms with Crippen LogP contribution in [-0.4, -0.2) is 42.7 Å². The maximum atomic E-state index is 12.7. The Kier molecular flexibility index (Phi) is 4.86. The zero-order valence-electron chi connectivity index (χ0n) is 11.6. The van der Waals surface area contributed by atoms with Crippen LogP contribution in [0.5, 0.6) is 5.75 Å². The minimum absolute atomic E-state index is 0.105. The molecule has 0 saturated carbocycles. The summed E-state index contributed by atoms with van der Waals surface area (Å²) >= 11 is 0. The number of hydrazone groups is 1. The molecule has 1 aliphatic rings. The SMILES string of the molecule is CN1N=C(C(=O)NCCOc2ccc(F)cc2)CCC1=O. The van der Waals surface area contributed by atoms with E-state index in [1.54, 1.807) is 0 Å². The van der Waals surface area contributed by atoms with E-state index in [1.165, 1.54) is 36.3 Å². The Balaban J connectivity index is 1.73. The van der Waals surface area contributed by atoms with E-state index < -0.39 is 0 Å². The average molecular weight is 293 g/mol. The quantitative estimate of drug-likeness (QED) is 0.821. The number of carbonyl (C=O) groups excluding carboxylic acids is 2. The van der Waals surface area contributed by atoms with Gasteiger partial charge in [0.2, 0.25) is 5.91 Å². The Bertz CT molecular complexity index is 557. The largest absolute Gasteiger partial charge is 0.492 e. The second-order valence-electron chi connectivity index (χ2n) is 4.52. The van der Waals surface area contributed by atoms with Crippen molar-refractivity contribution in [2.75, 3.05) is 20.2 Å². The number of carbonyl (C=O) groups is 2. The van der Waals surface area contributed by atoms with Gasteiger partial charge in [0.25, 0.3) is 5.91 Å². The van der Waals surface area contributed by atoms with Crippen LogP contribution in [0.15, 0.2) is 29.4 Å². The fourth-order valence-corrected chi connectivity index (χ4v) is 1.80. The van der Waals surface area contributed by atoms with Crippen molar-refractivity contribution in [3.05, 3.63) is 30.1 Å². The summed E-state index contributed by atoms with van der Waals surface area (Å²) in [6.07, 6.45) is 0.628. The fraction of sp³-hybridized carbons (Fsp3) is 0.357. The molecule has 0 atom stereocenters. The van der Waals surface area contributed by atoms with Gasteiger partial charge >= 0.3 is 0 Å². The van der Waals surface area contributed by atoms with Crippen LogP contribution in [0.25, 0.3) is 0 Å². The van der Waals surface area contributed by atoms with Gasteiger partial charge in [-0.25, -0.2) is 9.40 Å². The van der Waals surface area contributed by atoms with Crippen LogP contribution in [0, 0.1) is 5.82 Å². The summed E-state index contributed by atoms with van der Waals surface area (Å²) in [7, 11) is 1.52. The lowest BCUT2D eigenvalue weighted by atomic mass is 10.1. The summed E-state index contributed by atoms with van der Waals surface area (Å²) in [5, 5.41) is 7.75. The van der Waals surface area contributed by atoms with Crippen molar-refractivity contribution in [2.45, 2.75) is 12.8 Å². The number of halogens is 1. The van der Waals surface area contributed by atoms with Gasteiger partial charge in [-0.05, 0) is 24.3 Å². The van der Waals surface area contributed by atoms with E-state index in [4.69, 9.17) is 4.74 Å². The van der Waals surface area contributed by atoms with Crippen LogP contribution in [0.3, 0.4) is 0 Å². The lowest BCUT2D eigenvalue weighted by Crippen LogP contribution is -2.39. The third kappa shape index (κ3) is 4.27. The average Bonchev–Trinajstić information content (AvgIpc) is 2.48. The first kappa shape index (κ1) is 15.0. The number of hydrogen-bond donors (Lipinski definition) is 1. The fourth-order valence-electron chi connectivity index (χ4n) is 1.80. The number of amides is 2. The van der Waals surface area contributed by atoms with Crippen LogP contribution in [-0.2, 0) is 9.59 Å². The van der Waals surface area contributed by atoms with Gasteiger partial charge in [0, 0.05) is 19.9 Å². The van der Waals surface area contributed by atoms with Crippen LogP contribution < -0.4 is 10.1 Å². The van der Waals surface area contributed by atoms with Gasteiger partial charge in [-0.2, -0.15) is 5.10 Å². The van der Waals surface area contributed by atoms with Crippen molar-refractivity contribution >= 4 is 17.5 Å². The van der Waals surface area contributed by atoms with Gasteiger partial charge in [-0.15, -0.1) is 0 Å². The Labute approximate surface area is 121 Å². The molecule has 0 aromatic heterocycles. The molecular formula is C14H16FN3O3. The van der Waals surface area contributed by atoms with E-state index in [0.29, 0.717) is 24.4 Å². The lowest BCUT2D eigenvalue weighted by Gasteiger charge is -2.18. The highest BCUT2D eigenvalue weighted by atomic mass is 19.1. The minimum atomic E-state index is -0.329. The molecule has 2 rings (SSSR count). The summed E-state index contributed by atoms with van der Waals surface area (Å²) < 4.78 is 18.0. The summed E-state index contributed by atoms with van der Waals surface area (Å²) in [6, 6.07) is 5.64. The molecule has 7 heteroatoms. The predicted octanol–water partition coefficient (Wildman–Crippen LogP) is 0.929. The Morgan fingerprint density at radius 2 is 2.10 bits per heavy atom. The van der Waals surface area contributed by atoms with Gasteiger partial charge < -0.3 is 10.1 Å². The summed E-state index contributed by atoms with van der Waals surface area (Å²) in [4.78, 5) is 23.1. The minimum Gasteiger partial charge on any atom is -0.492 e. The molecule has 1 heterocycles. The van der Waals surface area contributed by atoms with E-state index in [2.05, 4.69) is 10.4 Å². The highest BCUT2D eigenvalue weighted by Gasteiger charge is 2.21. The monoisotopic (exact) mass is 293 g/mol. The van der Waals surface area contributed by atoms with E-state index >= 15 is 0 Å². The van der Waals surface area contributed by atoms with Gasteiger partial charge in [0.1, 0.15) is 23.9 Å². The topological polar surface area (TPSA) is 71.0 Å². The zero-order chi connectivity index (χ0) is 15.2. The van der Waals surface area contributed by atoms with Gasteiger partial charge in [-0.1, -0.05) is 0 Å². The van der Waals surface area contributed by atoms with E-state index in [-0.39, 0.29) is 30.7 Å². The molecule has 1 N–H and O–H groups in total. The second-order valence-corrected chi connectivity index (χ2v) is 4.52. The highest BCUT2D eigenvalue weighted by molar-refractivity contribution is 6.39. The molecule has 0 fully saturated rings. The van der Waals surface area contributed by atoms with Crippen LogP contribution in [0.4, 0.5) is 4.39 Å². The van der Waals surface area contributed by atoms with Crippen molar-refractivity contribution in [2.24, 2.45) is 5.10 Å². The first-order chi connectivity index (χ1) is 10.1. The second kappa shape index (κ2) is 6.83. The molecule has 21 heavy (non-hydrogen) atoms. The smallest absolute Gasteiger partial charge is 0.267 e. The maximum Gasteiger partial charge on any atom is 0.267 e. The predicted molar refractivity (Wildman–Crippen MR) is 74.3 cm³/mol. The molecule has 0 spiro atoms. The van der Waals surface area contributed by atoms with Crippen LogP contribution >= 0.6 is 0 Å². The third-order valence-electron chi connectivity index (χ3n) is 2.94. The highest BCUT2D eigenvalue weighted by Crippen LogP contribution is 2.10. The maximum absolute atomic E-state index is 12.7. The molecule has 0 aliphatic carbocycles. The molecule has 0 saturated heterocycles. The number of nitrogens with zero attached hydrogens (tertiary/aromatic N) is 2. The van der Waals surface area contributed by atoms with E-state index in [1.807, 2.05) is 0 Å². The number of hydrogen-bond acceptors (Lipinski definition) is 4. The van der Waals surface area contributed by atoms with Crippen molar-refractivity contribution < 1.29 is 18.7 Å². The number of nitrogens with one attached hydrogen (secondary N) is 1. The molecule has 0 radical (unpaired) electrons. The third-order valence-corrected chi connectivity index (χ3v) is 2.94. The van der Waals surface area contributed by atoms with Crippen molar-refractivity contribution in [3.63, 3.8) is 0 Å². The summed E-state index contributed by atoms with van der Waals surface area (Å²) in [5.74, 6) is -0.209. The van der Waals surface area contributed by atoms with Gasteiger partial charge in [0.05, 0.1) is 6.54 Å². The zero-order valence-corrected chi connectivity index (χ0v) is 11.6. The van der Waals surface area contributed by atoms with Crippen LogP contribution in [0.1, 0.15) is 12.8 Å². The first-order valence-corrected chi connectivity index (χ1v) is 6.57. The first-order valence-electron chi connectivity index (χ1n) is 6.57. The normalized spacial score (nSPS) is 14.7. The number of rotatable bonds is 5. The van der Waals surface area contributed by atoms with Gasteiger partial charge in [0.15, 0.2) is 0 Å². The van der Waals surface area contributed by atoms with Gasteiger partial charge in [-0.3, -0.25) is 9.59 Å². The molecular weight excluding hydrogens is 277 g/mol. The Hall–Kier alpha value is -2.44. The molecule has 1 aromatic rings. The molecule has 6 nitrogen and oxygen atoms in total. The van der Waals surface area contributed by atoms with Crippen molar-refractivity contribution in [3.8, 4) is 5.75 Å². The van der Waals surface area contributed by atoms with Crippen molar-refractivity contribution in [1.29, 1.82) is 0 Å². The molecule has 1 aliphatic heterocycles. The number of benzene rings is 1. The molecule has 1 aromatic carbocycles. The van der Waals surface area contributed by atoms with E-state index in [9.17, 15) is 14.0 Å². The summed E-state index contributed by atoms with van der Waals surface area (Å²) in [5.41, 5.74) is 0.332. The number of ether oxygens (including phenoxy) is 1. The standard InChI is InChI=1S/C14H16FN3O3/c1-18-13(19)7-6-12(17-18)14(20)16-8-9-21-11-4-2-10(15)3-5-11/h2-5H,6-9H2,1H3,(H,16,20). The molecule has 112 valence electrons. The Morgan fingerprint density at radius 1 is 1.38 bits per heavy atom.